The fraction of sp³-hybridized carbons (Fsp3) is 0.694. The summed E-state index contributed by atoms with van der Waals surface area (Å²) in [5.74, 6) is 0.751. The number of ketones is 1. The quantitative estimate of drug-likeness (QED) is 0.256. The number of rotatable bonds is 2. The number of hydrogen-bond donors (Lipinski definition) is 0. The standard InChI is InChI=1S/C36H48O6/c1-20(2)22-8-9-23-14-25(41-32(23)38)12-21(3)13-29(37)26-18-36(42-30(15-22)31(26)33(39)40-7)11-10-27-28(36)19-34(4,5)16-24-17-35(24,27)6/h13-14,22,24-28H,1,8-12,15-19H2,2-7H3/b21-13-/t22-,24+,25+,26-,27-,28+,35-,36-/m1/s1. The maximum Gasteiger partial charge on any atom is 0.337 e. The predicted molar refractivity (Wildman–Crippen MR) is 160 cm³/mol. The van der Waals surface area contributed by atoms with Crippen molar-refractivity contribution in [1.29, 1.82) is 0 Å². The fourth-order valence-corrected chi connectivity index (χ4v) is 9.59. The van der Waals surface area contributed by atoms with Crippen LogP contribution in [0.3, 0.4) is 0 Å². The van der Waals surface area contributed by atoms with E-state index in [-0.39, 0.29) is 29.2 Å². The predicted octanol–water partition coefficient (Wildman–Crippen LogP) is 7.19. The van der Waals surface area contributed by atoms with E-state index >= 15 is 0 Å². The molecule has 6 aliphatic rings. The number of esters is 2. The Morgan fingerprint density at radius 3 is 2.52 bits per heavy atom. The lowest BCUT2D eigenvalue weighted by molar-refractivity contribution is -0.143. The van der Waals surface area contributed by atoms with Gasteiger partial charge in [-0.2, -0.15) is 0 Å². The Labute approximate surface area is 251 Å². The summed E-state index contributed by atoms with van der Waals surface area (Å²) in [6.07, 6.45) is 11.5. The lowest BCUT2D eigenvalue weighted by Gasteiger charge is -2.47. The van der Waals surface area contributed by atoms with E-state index in [1.165, 1.54) is 20.0 Å². The molecule has 8 atom stereocenters. The molecule has 0 aromatic rings. The largest absolute Gasteiger partial charge is 0.491 e. The molecule has 0 saturated heterocycles. The summed E-state index contributed by atoms with van der Waals surface area (Å²) in [4.78, 5) is 40.4. The minimum Gasteiger partial charge on any atom is -0.491 e. The van der Waals surface area contributed by atoms with Gasteiger partial charge in [0, 0.05) is 30.8 Å². The summed E-state index contributed by atoms with van der Waals surface area (Å²) < 4.78 is 18.2. The van der Waals surface area contributed by atoms with Crippen molar-refractivity contribution >= 4 is 17.7 Å². The molecule has 0 unspecified atom stereocenters. The maximum absolute atomic E-state index is 14.2. The fourth-order valence-electron chi connectivity index (χ4n) is 9.59. The van der Waals surface area contributed by atoms with Crippen molar-refractivity contribution < 1.29 is 28.6 Å². The zero-order valence-corrected chi connectivity index (χ0v) is 26.3. The smallest absolute Gasteiger partial charge is 0.337 e. The number of ether oxygens (including phenoxy) is 3. The number of hydrogen-bond acceptors (Lipinski definition) is 6. The molecule has 6 nitrogen and oxygen atoms in total. The Balaban J connectivity index is 1.46. The van der Waals surface area contributed by atoms with Crippen LogP contribution in [0.15, 0.2) is 46.8 Å². The topological polar surface area (TPSA) is 78.9 Å². The van der Waals surface area contributed by atoms with Crippen LogP contribution in [0.2, 0.25) is 0 Å². The molecule has 42 heavy (non-hydrogen) atoms. The van der Waals surface area contributed by atoms with Crippen molar-refractivity contribution in [2.24, 2.45) is 40.4 Å². The molecule has 6 heteroatoms. The van der Waals surface area contributed by atoms with E-state index in [4.69, 9.17) is 14.2 Å². The summed E-state index contributed by atoms with van der Waals surface area (Å²) in [7, 11) is 1.38. The highest BCUT2D eigenvalue weighted by molar-refractivity contribution is 6.03. The summed E-state index contributed by atoms with van der Waals surface area (Å²) in [6.45, 7) is 15.5. The number of carbonyl (C=O) groups excluding carboxylic acids is 3. The molecule has 1 spiro atoms. The molecule has 0 N–H and O–H groups in total. The van der Waals surface area contributed by atoms with E-state index in [9.17, 15) is 14.4 Å². The van der Waals surface area contributed by atoms with Crippen LogP contribution in [-0.4, -0.2) is 36.5 Å². The Morgan fingerprint density at radius 2 is 1.81 bits per heavy atom. The van der Waals surface area contributed by atoms with E-state index in [2.05, 4.69) is 27.4 Å². The lowest BCUT2D eigenvalue weighted by atomic mass is 9.67. The highest BCUT2D eigenvalue weighted by Gasteiger charge is 2.67. The molecule has 0 amide bonds. The van der Waals surface area contributed by atoms with Crippen LogP contribution in [0, 0.1) is 40.4 Å². The molecule has 4 aliphatic carbocycles. The van der Waals surface area contributed by atoms with Crippen molar-refractivity contribution in [1.82, 2.24) is 0 Å². The number of methoxy groups -OCH3 is 1. The van der Waals surface area contributed by atoms with Gasteiger partial charge in [-0.3, -0.25) is 4.79 Å². The van der Waals surface area contributed by atoms with Gasteiger partial charge in [-0.1, -0.05) is 38.5 Å². The number of carbonyl (C=O) groups is 3. The van der Waals surface area contributed by atoms with Gasteiger partial charge < -0.3 is 14.2 Å². The van der Waals surface area contributed by atoms with Gasteiger partial charge >= 0.3 is 11.9 Å². The second kappa shape index (κ2) is 10.2. The van der Waals surface area contributed by atoms with Crippen molar-refractivity contribution in [3.8, 4) is 0 Å². The van der Waals surface area contributed by atoms with Gasteiger partial charge in [0.1, 0.15) is 17.5 Å². The second-order valence-corrected chi connectivity index (χ2v) is 15.5. The Morgan fingerprint density at radius 1 is 1.05 bits per heavy atom. The molecular weight excluding hydrogens is 528 g/mol. The number of allylic oxidation sites excluding steroid dienone is 3. The van der Waals surface area contributed by atoms with Crippen LogP contribution in [-0.2, 0) is 28.6 Å². The van der Waals surface area contributed by atoms with Crippen LogP contribution in [0.5, 0.6) is 0 Å². The molecule has 6 rings (SSSR count). The van der Waals surface area contributed by atoms with Gasteiger partial charge in [-0.25, -0.2) is 9.59 Å². The molecule has 228 valence electrons. The Bertz CT molecular complexity index is 1310. The van der Waals surface area contributed by atoms with Gasteiger partial charge in [0.2, 0.25) is 0 Å². The summed E-state index contributed by atoms with van der Waals surface area (Å²) in [5.41, 5.74) is 2.90. The zero-order valence-electron chi connectivity index (χ0n) is 26.3. The van der Waals surface area contributed by atoms with Crippen LogP contribution in [0.4, 0.5) is 0 Å². The Hall–Kier alpha value is -2.63. The van der Waals surface area contributed by atoms with Crippen LogP contribution in [0.25, 0.3) is 0 Å². The summed E-state index contributed by atoms with van der Waals surface area (Å²) >= 11 is 0. The molecule has 3 saturated carbocycles. The normalized spacial score (nSPS) is 42.1. The molecular formula is C36H48O6. The van der Waals surface area contributed by atoms with Gasteiger partial charge in [0.05, 0.1) is 18.6 Å². The second-order valence-electron chi connectivity index (χ2n) is 15.5. The lowest BCUT2D eigenvalue weighted by Crippen LogP contribution is -2.48. The molecule has 2 heterocycles. The van der Waals surface area contributed by atoms with Crippen LogP contribution < -0.4 is 0 Å². The van der Waals surface area contributed by atoms with Gasteiger partial charge in [0.15, 0.2) is 5.78 Å². The van der Waals surface area contributed by atoms with Crippen molar-refractivity contribution in [3.05, 3.63) is 46.8 Å². The first-order valence-corrected chi connectivity index (χ1v) is 16.0. The molecule has 2 aliphatic heterocycles. The van der Waals surface area contributed by atoms with E-state index in [1.54, 1.807) is 6.08 Å². The average Bonchev–Trinajstić information content (AvgIpc) is 3.25. The first kappa shape index (κ1) is 29.4. The van der Waals surface area contributed by atoms with E-state index < -0.39 is 17.5 Å². The van der Waals surface area contributed by atoms with Gasteiger partial charge in [0.25, 0.3) is 0 Å². The first-order valence-electron chi connectivity index (χ1n) is 16.0. The van der Waals surface area contributed by atoms with E-state index in [1.807, 2.05) is 19.9 Å². The number of fused-ring (bicyclic) bond motifs is 6. The zero-order chi connectivity index (χ0) is 30.2. The molecule has 0 radical (unpaired) electrons. The summed E-state index contributed by atoms with van der Waals surface area (Å²) in [5, 5.41) is 0. The third kappa shape index (κ3) is 5.01. The molecule has 3 fully saturated rings. The van der Waals surface area contributed by atoms with Gasteiger partial charge in [-0.05, 0) is 99.5 Å². The highest BCUT2D eigenvalue weighted by atomic mass is 16.5. The SMILES string of the molecule is C=C(C)[C@@H]1CCC2=C[C@H](C/C(C)=C\C(=O)[C@H]3C[C@@]4(CC[C@@H]5[C@@H]4CC(C)(C)C[C@H]4C[C@]45C)OC(=C3C(=O)OC)C1)OC2=O. The van der Waals surface area contributed by atoms with E-state index in [0.717, 1.165) is 36.3 Å². The summed E-state index contributed by atoms with van der Waals surface area (Å²) in [6, 6.07) is 0. The minimum absolute atomic E-state index is 0.0216. The van der Waals surface area contributed by atoms with E-state index in [0.29, 0.717) is 66.3 Å². The molecule has 0 aromatic heterocycles. The third-order valence-electron chi connectivity index (χ3n) is 11.9. The monoisotopic (exact) mass is 576 g/mol. The van der Waals surface area contributed by atoms with Crippen molar-refractivity contribution in [2.75, 3.05) is 7.11 Å². The van der Waals surface area contributed by atoms with Crippen LogP contribution >= 0.6 is 0 Å². The van der Waals surface area contributed by atoms with Crippen LogP contribution in [0.1, 0.15) is 98.8 Å². The van der Waals surface area contributed by atoms with Gasteiger partial charge in [-0.15, -0.1) is 0 Å². The van der Waals surface area contributed by atoms with Crippen molar-refractivity contribution in [2.45, 2.75) is 111 Å². The third-order valence-corrected chi connectivity index (χ3v) is 11.9. The molecule has 0 aromatic carbocycles. The molecule has 4 bridgehead atoms. The maximum atomic E-state index is 14.2. The average molecular weight is 577 g/mol. The highest BCUT2D eigenvalue weighted by Crippen LogP contribution is 2.72. The van der Waals surface area contributed by atoms with Crippen molar-refractivity contribution in [3.63, 3.8) is 0 Å². The Kier molecular flexibility index (Phi) is 7.17. The minimum atomic E-state index is -0.630. The first-order chi connectivity index (χ1) is 19.7.